The fraction of sp³-hybridized carbons (Fsp3) is 0.167. The summed E-state index contributed by atoms with van der Waals surface area (Å²) in [6, 6.07) is 9.97. The molecule has 0 bridgehead atoms. The van der Waals surface area contributed by atoms with E-state index >= 15 is 0 Å². The van der Waals surface area contributed by atoms with Crippen LogP contribution in [0.2, 0.25) is 0 Å². The lowest BCUT2D eigenvalue weighted by molar-refractivity contribution is 0.0594. The van der Waals surface area contributed by atoms with E-state index in [4.69, 9.17) is 9.47 Å². The molecule has 122 valence electrons. The molecule has 0 spiro atoms. The Balaban J connectivity index is 2.14. The number of benzene rings is 1. The summed E-state index contributed by atoms with van der Waals surface area (Å²) < 4.78 is 24.0. The van der Waals surface area contributed by atoms with E-state index in [1.807, 2.05) is 6.07 Å². The Kier molecular flexibility index (Phi) is 4.37. The van der Waals surface area contributed by atoms with Gasteiger partial charge in [-0.1, -0.05) is 12.1 Å². The minimum absolute atomic E-state index is 0.0751. The molecule has 0 fully saturated rings. The van der Waals surface area contributed by atoms with Crippen LogP contribution in [0.4, 0.5) is 4.39 Å². The third kappa shape index (κ3) is 3.03. The van der Waals surface area contributed by atoms with Crippen molar-refractivity contribution in [3.63, 3.8) is 0 Å². The first-order chi connectivity index (χ1) is 11.6. The number of carbonyl (C=O) groups is 1. The van der Waals surface area contributed by atoms with Crippen molar-refractivity contribution in [1.29, 1.82) is 0 Å². The molecular weight excluding hydrogens is 311 g/mol. The van der Waals surface area contributed by atoms with Crippen molar-refractivity contribution >= 4 is 16.9 Å². The molecule has 0 saturated heterocycles. The standard InChI is InChI=1S/C18H15FN2O3/c1-23-16-9-11(6-7-20-16)8-12-10-15(18(22)24-2)21-17-13(12)4-3-5-14(17)19/h3-7,9-10H,8H2,1-2H3. The Labute approximate surface area is 138 Å². The molecule has 0 aliphatic rings. The molecule has 3 rings (SSSR count). The molecule has 5 nitrogen and oxygen atoms in total. The molecule has 0 unspecified atom stereocenters. The summed E-state index contributed by atoms with van der Waals surface area (Å²) in [5.74, 6) is -0.592. The Morgan fingerprint density at radius 2 is 2.04 bits per heavy atom. The van der Waals surface area contributed by atoms with Crippen molar-refractivity contribution in [3.8, 4) is 5.88 Å². The van der Waals surface area contributed by atoms with Crippen LogP contribution in [-0.4, -0.2) is 30.2 Å². The smallest absolute Gasteiger partial charge is 0.356 e. The van der Waals surface area contributed by atoms with Crippen molar-refractivity contribution in [2.45, 2.75) is 6.42 Å². The second-order valence-corrected chi connectivity index (χ2v) is 5.18. The first-order valence-electron chi connectivity index (χ1n) is 7.27. The van der Waals surface area contributed by atoms with Gasteiger partial charge in [0.25, 0.3) is 0 Å². The number of methoxy groups -OCH3 is 2. The highest BCUT2D eigenvalue weighted by molar-refractivity contribution is 5.92. The summed E-state index contributed by atoms with van der Waals surface area (Å²) in [6.45, 7) is 0. The summed E-state index contributed by atoms with van der Waals surface area (Å²) in [6.07, 6.45) is 2.12. The van der Waals surface area contributed by atoms with Crippen LogP contribution in [0.5, 0.6) is 5.88 Å². The number of fused-ring (bicyclic) bond motifs is 1. The summed E-state index contributed by atoms with van der Waals surface area (Å²) in [7, 11) is 2.81. The van der Waals surface area contributed by atoms with E-state index in [2.05, 4.69) is 9.97 Å². The predicted molar refractivity (Wildman–Crippen MR) is 86.6 cm³/mol. The minimum atomic E-state index is -0.603. The van der Waals surface area contributed by atoms with Crippen LogP contribution in [0.3, 0.4) is 0 Å². The molecule has 0 saturated carbocycles. The van der Waals surface area contributed by atoms with E-state index in [0.717, 1.165) is 11.1 Å². The van der Waals surface area contributed by atoms with Gasteiger partial charge in [-0.05, 0) is 35.7 Å². The maximum atomic E-state index is 14.1. The quantitative estimate of drug-likeness (QED) is 0.689. The highest BCUT2D eigenvalue weighted by Crippen LogP contribution is 2.24. The second kappa shape index (κ2) is 6.62. The van der Waals surface area contributed by atoms with E-state index in [9.17, 15) is 9.18 Å². The van der Waals surface area contributed by atoms with Crippen molar-refractivity contribution in [1.82, 2.24) is 9.97 Å². The normalized spacial score (nSPS) is 10.6. The number of esters is 1. The van der Waals surface area contributed by atoms with Gasteiger partial charge in [0.05, 0.1) is 14.2 Å². The largest absolute Gasteiger partial charge is 0.481 e. The van der Waals surface area contributed by atoms with Crippen LogP contribution in [0.1, 0.15) is 21.6 Å². The molecule has 0 radical (unpaired) electrons. The molecule has 2 aromatic heterocycles. The van der Waals surface area contributed by atoms with Gasteiger partial charge < -0.3 is 9.47 Å². The maximum Gasteiger partial charge on any atom is 0.356 e. The molecular formula is C18H15FN2O3. The van der Waals surface area contributed by atoms with Crippen LogP contribution < -0.4 is 4.74 Å². The van der Waals surface area contributed by atoms with E-state index in [1.54, 1.807) is 37.6 Å². The molecule has 6 heteroatoms. The lowest BCUT2D eigenvalue weighted by Gasteiger charge is -2.10. The third-order valence-corrected chi connectivity index (χ3v) is 3.67. The molecule has 0 aliphatic heterocycles. The molecule has 1 aromatic carbocycles. The minimum Gasteiger partial charge on any atom is -0.481 e. The number of aromatic nitrogens is 2. The molecule has 2 heterocycles. The maximum absolute atomic E-state index is 14.1. The fourth-order valence-corrected chi connectivity index (χ4v) is 2.53. The van der Waals surface area contributed by atoms with Crippen molar-refractivity contribution in [2.24, 2.45) is 0 Å². The van der Waals surface area contributed by atoms with Gasteiger partial charge in [-0.3, -0.25) is 0 Å². The Morgan fingerprint density at radius 3 is 2.79 bits per heavy atom. The number of para-hydroxylation sites is 1. The monoisotopic (exact) mass is 326 g/mol. The molecule has 0 atom stereocenters. The van der Waals surface area contributed by atoms with Gasteiger partial charge in [0.1, 0.15) is 17.0 Å². The summed E-state index contributed by atoms with van der Waals surface area (Å²) in [5, 5.41) is 0.651. The van der Waals surface area contributed by atoms with Gasteiger partial charge in [0, 0.05) is 17.6 Å². The predicted octanol–water partition coefficient (Wildman–Crippen LogP) is 3.15. The Hall–Kier alpha value is -3.02. The molecule has 3 aromatic rings. The highest BCUT2D eigenvalue weighted by Gasteiger charge is 2.15. The zero-order valence-electron chi connectivity index (χ0n) is 13.2. The molecule has 0 amide bonds. The van der Waals surface area contributed by atoms with Crippen molar-refractivity contribution in [2.75, 3.05) is 14.2 Å². The number of rotatable bonds is 4. The fourth-order valence-electron chi connectivity index (χ4n) is 2.53. The Morgan fingerprint density at radius 1 is 1.21 bits per heavy atom. The SMILES string of the molecule is COC(=O)c1cc(Cc2ccnc(OC)c2)c2cccc(F)c2n1. The number of pyridine rings is 2. The van der Waals surface area contributed by atoms with Gasteiger partial charge in [-0.25, -0.2) is 19.2 Å². The summed E-state index contributed by atoms with van der Waals surface area (Å²) >= 11 is 0. The average molecular weight is 326 g/mol. The van der Waals surface area contributed by atoms with Crippen molar-refractivity contribution < 1.29 is 18.7 Å². The van der Waals surface area contributed by atoms with Gasteiger partial charge >= 0.3 is 5.97 Å². The average Bonchev–Trinajstić information content (AvgIpc) is 2.61. The number of hydrogen-bond acceptors (Lipinski definition) is 5. The first-order valence-corrected chi connectivity index (χ1v) is 7.27. The van der Waals surface area contributed by atoms with Crippen LogP contribution in [0.15, 0.2) is 42.6 Å². The number of hydrogen-bond donors (Lipinski definition) is 0. The Bertz CT molecular complexity index is 912. The number of nitrogens with zero attached hydrogens (tertiary/aromatic N) is 2. The number of ether oxygens (including phenoxy) is 2. The molecule has 24 heavy (non-hydrogen) atoms. The second-order valence-electron chi connectivity index (χ2n) is 5.18. The van der Waals surface area contributed by atoms with E-state index < -0.39 is 11.8 Å². The van der Waals surface area contributed by atoms with E-state index in [0.29, 0.717) is 17.7 Å². The topological polar surface area (TPSA) is 61.3 Å². The van der Waals surface area contributed by atoms with Crippen LogP contribution in [0.25, 0.3) is 10.9 Å². The number of halogens is 1. The summed E-state index contributed by atoms with van der Waals surface area (Å²) in [5.41, 5.74) is 1.92. The lowest BCUT2D eigenvalue weighted by atomic mass is 10.0. The van der Waals surface area contributed by atoms with Gasteiger partial charge in [0.2, 0.25) is 5.88 Å². The van der Waals surface area contributed by atoms with Gasteiger partial charge in [-0.2, -0.15) is 0 Å². The first kappa shape index (κ1) is 15.9. The molecule has 0 aliphatic carbocycles. The van der Waals surface area contributed by atoms with Crippen molar-refractivity contribution in [3.05, 3.63) is 65.2 Å². The van der Waals surface area contributed by atoms with Gasteiger partial charge in [-0.15, -0.1) is 0 Å². The van der Waals surface area contributed by atoms with Gasteiger partial charge in [0.15, 0.2) is 0 Å². The summed E-state index contributed by atoms with van der Waals surface area (Å²) in [4.78, 5) is 20.0. The molecule has 0 N–H and O–H groups in total. The van der Waals surface area contributed by atoms with Crippen LogP contribution >= 0.6 is 0 Å². The highest BCUT2D eigenvalue weighted by atomic mass is 19.1. The van der Waals surface area contributed by atoms with Crippen LogP contribution in [0, 0.1) is 5.82 Å². The zero-order chi connectivity index (χ0) is 17.1. The van der Waals surface area contributed by atoms with Crippen LogP contribution in [-0.2, 0) is 11.2 Å². The third-order valence-electron chi connectivity index (χ3n) is 3.67. The van der Waals surface area contributed by atoms with E-state index in [1.165, 1.54) is 13.2 Å². The lowest BCUT2D eigenvalue weighted by Crippen LogP contribution is -2.07. The van der Waals surface area contributed by atoms with E-state index in [-0.39, 0.29) is 11.2 Å². The number of carbonyl (C=O) groups excluding carboxylic acids is 1. The zero-order valence-corrected chi connectivity index (χ0v) is 13.2.